The van der Waals surface area contributed by atoms with E-state index in [1.165, 1.54) is 26.0 Å². The van der Waals surface area contributed by atoms with Crippen molar-refractivity contribution in [3.63, 3.8) is 0 Å². The van der Waals surface area contributed by atoms with E-state index in [4.69, 9.17) is 21.1 Å². The minimum Gasteiger partial charge on any atom is -0.495 e. The number of halogens is 1. The van der Waals surface area contributed by atoms with Crippen LogP contribution in [0.3, 0.4) is 0 Å². The predicted octanol–water partition coefficient (Wildman–Crippen LogP) is 8.04. The first-order valence-electron chi connectivity index (χ1n) is 14.6. The highest BCUT2D eigenvalue weighted by molar-refractivity contribution is 8.00. The Balaban J connectivity index is 1.30. The minimum absolute atomic E-state index is 0.0908. The van der Waals surface area contributed by atoms with Crippen molar-refractivity contribution < 1.29 is 23.9 Å². The fourth-order valence-electron chi connectivity index (χ4n) is 4.74. The normalized spacial score (nSPS) is 11.8. The van der Waals surface area contributed by atoms with E-state index in [-0.39, 0.29) is 11.6 Å². The molecule has 0 saturated carbocycles. The molecule has 0 aliphatic heterocycles. The first-order chi connectivity index (χ1) is 22.7. The van der Waals surface area contributed by atoms with Crippen LogP contribution in [0.5, 0.6) is 11.5 Å². The van der Waals surface area contributed by atoms with Gasteiger partial charge in [-0.3, -0.25) is 14.4 Å². The summed E-state index contributed by atoms with van der Waals surface area (Å²) >= 11 is 7.59. The van der Waals surface area contributed by atoms with Crippen LogP contribution >= 0.6 is 23.4 Å². The summed E-state index contributed by atoms with van der Waals surface area (Å²) in [6.45, 7) is 1.78. The SMILES string of the molecule is COc1cc(OC)c(NC(=O)C(C)Sc2ccc(NC(=O)/C(=C/c3cccc4ccccc34)NC(=O)c3ccccc3)cc2)cc1Cl. The third-order valence-corrected chi connectivity index (χ3v) is 8.59. The van der Waals surface area contributed by atoms with Crippen LogP contribution in [0.1, 0.15) is 22.8 Å². The molecule has 0 heterocycles. The number of hydrogen-bond acceptors (Lipinski definition) is 6. The Kier molecular flexibility index (Phi) is 10.8. The van der Waals surface area contributed by atoms with E-state index >= 15 is 0 Å². The van der Waals surface area contributed by atoms with Gasteiger partial charge < -0.3 is 25.4 Å². The number of hydrogen-bond donors (Lipinski definition) is 3. The van der Waals surface area contributed by atoms with Gasteiger partial charge in [-0.15, -0.1) is 11.8 Å². The Morgan fingerprint density at radius 1 is 0.787 bits per heavy atom. The maximum atomic E-state index is 13.6. The Morgan fingerprint density at radius 3 is 2.19 bits per heavy atom. The van der Waals surface area contributed by atoms with E-state index in [1.807, 2.05) is 60.7 Å². The zero-order valence-corrected chi connectivity index (χ0v) is 27.4. The van der Waals surface area contributed by atoms with Gasteiger partial charge in [0.25, 0.3) is 11.8 Å². The van der Waals surface area contributed by atoms with Crippen molar-refractivity contribution in [2.24, 2.45) is 0 Å². The summed E-state index contributed by atoms with van der Waals surface area (Å²) in [5, 5.41) is 10.4. The number of amides is 3. The van der Waals surface area contributed by atoms with Crippen LogP contribution in [-0.4, -0.2) is 37.2 Å². The number of carbonyl (C=O) groups is 3. The van der Waals surface area contributed by atoms with E-state index in [0.29, 0.717) is 33.5 Å². The zero-order valence-electron chi connectivity index (χ0n) is 25.9. The van der Waals surface area contributed by atoms with Crippen molar-refractivity contribution >= 4 is 69.3 Å². The summed E-state index contributed by atoms with van der Waals surface area (Å²) in [6, 6.07) is 32.6. The van der Waals surface area contributed by atoms with Gasteiger partial charge in [0, 0.05) is 22.2 Å². The van der Waals surface area contributed by atoms with Gasteiger partial charge in [0.15, 0.2) is 0 Å². The third-order valence-electron chi connectivity index (χ3n) is 7.18. The van der Waals surface area contributed by atoms with Gasteiger partial charge in [0.1, 0.15) is 17.2 Å². The first-order valence-corrected chi connectivity index (χ1v) is 15.9. The molecule has 10 heteroatoms. The summed E-state index contributed by atoms with van der Waals surface area (Å²) in [5.41, 5.74) is 2.26. The topological polar surface area (TPSA) is 106 Å². The molecular formula is C37H32ClN3O5S. The highest BCUT2D eigenvalue weighted by Gasteiger charge is 2.19. The molecule has 0 aliphatic carbocycles. The van der Waals surface area contributed by atoms with Crippen molar-refractivity contribution in [1.29, 1.82) is 0 Å². The lowest BCUT2D eigenvalue weighted by Gasteiger charge is -2.16. The largest absolute Gasteiger partial charge is 0.495 e. The molecule has 0 spiro atoms. The second-order valence-electron chi connectivity index (χ2n) is 10.4. The van der Waals surface area contributed by atoms with E-state index in [0.717, 1.165) is 21.2 Å². The van der Waals surface area contributed by atoms with E-state index < -0.39 is 17.1 Å². The number of rotatable bonds is 11. The molecule has 0 aliphatic rings. The number of ether oxygens (including phenoxy) is 2. The van der Waals surface area contributed by atoms with Gasteiger partial charge >= 0.3 is 0 Å². The van der Waals surface area contributed by atoms with Crippen molar-refractivity contribution in [3.05, 3.63) is 131 Å². The van der Waals surface area contributed by atoms with E-state index in [2.05, 4.69) is 16.0 Å². The number of methoxy groups -OCH3 is 2. The Bertz CT molecular complexity index is 1940. The molecule has 0 radical (unpaired) electrons. The monoisotopic (exact) mass is 665 g/mol. The fourth-order valence-corrected chi connectivity index (χ4v) is 5.85. The molecule has 5 aromatic carbocycles. The minimum atomic E-state index is -0.484. The number of thioether (sulfide) groups is 1. The number of nitrogens with one attached hydrogen (secondary N) is 3. The molecule has 3 amide bonds. The lowest BCUT2D eigenvalue weighted by Crippen LogP contribution is -2.30. The van der Waals surface area contributed by atoms with Gasteiger partial charge in [-0.2, -0.15) is 0 Å². The highest BCUT2D eigenvalue weighted by atomic mass is 35.5. The molecule has 0 fully saturated rings. The molecule has 0 aromatic heterocycles. The molecule has 47 heavy (non-hydrogen) atoms. The van der Waals surface area contributed by atoms with Crippen LogP contribution in [0.15, 0.2) is 120 Å². The lowest BCUT2D eigenvalue weighted by atomic mass is 10.0. The maximum Gasteiger partial charge on any atom is 0.272 e. The summed E-state index contributed by atoms with van der Waals surface area (Å²) in [5.74, 6) is -0.274. The average molecular weight is 666 g/mol. The number of carbonyl (C=O) groups excluding carboxylic acids is 3. The Morgan fingerprint density at radius 2 is 1.47 bits per heavy atom. The van der Waals surface area contributed by atoms with Gasteiger partial charge in [0.05, 0.1) is 30.2 Å². The Hall–Kier alpha value is -5.25. The van der Waals surface area contributed by atoms with Gasteiger partial charge in [-0.05, 0) is 71.8 Å². The van der Waals surface area contributed by atoms with Gasteiger partial charge in [-0.25, -0.2) is 0 Å². The predicted molar refractivity (Wildman–Crippen MR) is 189 cm³/mol. The summed E-state index contributed by atoms with van der Waals surface area (Å²) in [7, 11) is 3.00. The van der Waals surface area contributed by atoms with E-state index in [9.17, 15) is 14.4 Å². The molecule has 8 nitrogen and oxygen atoms in total. The first kappa shape index (κ1) is 33.1. The second kappa shape index (κ2) is 15.4. The summed E-state index contributed by atoms with van der Waals surface area (Å²) in [6.07, 6.45) is 1.67. The van der Waals surface area contributed by atoms with Crippen molar-refractivity contribution in [3.8, 4) is 11.5 Å². The quantitative estimate of drug-likeness (QED) is 0.0974. The molecule has 3 N–H and O–H groups in total. The molecule has 238 valence electrons. The molecule has 5 rings (SSSR count). The van der Waals surface area contributed by atoms with Gasteiger partial charge in [0.2, 0.25) is 5.91 Å². The molecule has 5 aromatic rings. The van der Waals surface area contributed by atoms with E-state index in [1.54, 1.807) is 61.5 Å². The number of benzene rings is 5. The molecule has 0 saturated heterocycles. The Labute approximate surface area is 282 Å². The van der Waals surface area contributed by atoms with Crippen LogP contribution < -0.4 is 25.4 Å². The van der Waals surface area contributed by atoms with Gasteiger partial charge in [-0.1, -0.05) is 72.3 Å². The summed E-state index contributed by atoms with van der Waals surface area (Å²) in [4.78, 5) is 40.5. The van der Waals surface area contributed by atoms with Crippen LogP contribution in [0.2, 0.25) is 5.02 Å². The fraction of sp³-hybridized carbons (Fsp3) is 0.108. The maximum absolute atomic E-state index is 13.6. The van der Waals surface area contributed by atoms with Crippen molar-refractivity contribution in [2.45, 2.75) is 17.1 Å². The van der Waals surface area contributed by atoms with Crippen LogP contribution in [0, 0.1) is 0 Å². The average Bonchev–Trinajstić information content (AvgIpc) is 3.09. The molecule has 1 atom stereocenters. The second-order valence-corrected chi connectivity index (χ2v) is 12.2. The van der Waals surface area contributed by atoms with Crippen molar-refractivity contribution in [1.82, 2.24) is 5.32 Å². The number of anilines is 2. The van der Waals surface area contributed by atoms with Crippen molar-refractivity contribution in [2.75, 3.05) is 24.9 Å². The molecular weight excluding hydrogens is 634 g/mol. The number of fused-ring (bicyclic) bond motifs is 1. The summed E-state index contributed by atoms with van der Waals surface area (Å²) < 4.78 is 10.6. The standard InChI is InChI=1S/C37H32ClN3O5S/c1-23(35(42)40-31-21-30(38)33(45-2)22-34(31)46-3)47-28-18-16-27(17-19-28)39-37(44)32(41-36(43)25-11-5-4-6-12-25)20-26-14-9-13-24-10-7-8-15-29(24)26/h4-23H,1-3H3,(H,39,44)(H,40,42)(H,41,43)/b32-20-. The molecule has 1 unspecified atom stereocenters. The smallest absolute Gasteiger partial charge is 0.272 e. The third kappa shape index (κ3) is 8.32. The molecule has 0 bridgehead atoms. The lowest BCUT2D eigenvalue weighted by molar-refractivity contribution is -0.115. The van der Waals surface area contributed by atoms with Crippen LogP contribution in [0.25, 0.3) is 16.8 Å². The zero-order chi connectivity index (χ0) is 33.3. The highest BCUT2D eigenvalue weighted by Crippen LogP contribution is 2.36. The van der Waals surface area contributed by atoms with Crippen LogP contribution in [0.4, 0.5) is 11.4 Å². The van der Waals surface area contributed by atoms with Crippen LogP contribution in [-0.2, 0) is 9.59 Å².